The lowest BCUT2D eigenvalue weighted by molar-refractivity contribution is 0.667. The van der Waals surface area contributed by atoms with E-state index in [9.17, 15) is 0 Å². The first-order chi connectivity index (χ1) is 21.8. The Bertz CT molecular complexity index is 2490. The lowest BCUT2D eigenvalue weighted by atomic mass is 9.93. The quantitative estimate of drug-likeness (QED) is 0.200. The van der Waals surface area contributed by atoms with Gasteiger partial charge in [0.05, 0.1) is 11.9 Å². The lowest BCUT2D eigenvalue weighted by Gasteiger charge is -2.27. The Hall–Kier alpha value is -5.93. The van der Waals surface area contributed by atoms with Crippen molar-refractivity contribution in [2.24, 2.45) is 0 Å². The molecular weight excluding hydrogens is 536 g/mol. The van der Waals surface area contributed by atoms with Gasteiger partial charge in [0.2, 0.25) is 0 Å². The summed E-state index contributed by atoms with van der Waals surface area (Å²) in [6.45, 7) is 0. The molecule has 0 N–H and O–H groups in total. The summed E-state index contributed by atoms with van der Waals surface area (Å²) in [6.07, 6.45) is 3.63. The highest BCUT2D eigenvalue weighted by Crippen LogP contribution is 2.45. The van der Waals surface area contributed by atoms with Gasteiger partial charge in [-0.15, -0.1) is 0 Å². The number of para-hydroxylation sites is 1. The van der Waals surface area contributed by atoms with Crippen molar-refractivity contribution in [3.63, 3.8) is 0 Å². The van der Waals surface area contributed by atoms with E-state index in [4.69, 9.17) is 4.42 Å². The summed E-state index contributed by atoms with van der Waals surface area (Å²) in [5, 5.41) is 9.58. The fourth-order valence-corrected chi connectivity index (χ4v) is 6.75. The molecule has 0 atom stereocenters. The van der Waals surface area contributed by atoms with Crippen molar-refractivity contribution in [1.29, 1.82) is 0 Å². The van der Waals surface area contributed by atoms with Crippen molar-refractivity contribution in [2.75, 3.05) is 4.90 Å². The minimum absolute atomic E-state index is 0.794. The van der Waals surface area contributed by atoms with Crippen LogP contribution in [0.2, 0.25) is 0 Å². The smallest absolute Gasteiger partial charge is 0.153 e. The predicted molar refractivity (Wildman–Crippen MR) is 184 cm³/mol. The molecular formula is C41H26N2O. The summed E-state index contributed by atoms with van der Waals surface area (Å²) in [7, 11) is 0. The van der Waals surface area contributed by atoms with Gasteiger partial charge in [0.25, 0.3) is 0 Å². The van der Waals surface area contributed by atoms with E-state index in [2.05, 4.69) is 149 Å². The second-order valence-corrected chi connectivity index (χ2v) is 11.2. The highest BCUT2D eigenvalue weighted by atomic mass is 16.3. The lowest BCUT2D eigenvalue weighted by Crippen LogP contribution is -2.10. The predicted octanol–water partition coefficient (Wildman–Crippen LogP) is 11.6. The summed E-state index contributed by atoms with van der Waals surface area (Å²) in [4.78, 5) is 6.63. The standard InChI is InChI=1S/C41H26N2O/c1-2-11-29(12-3-1)43(38-25-39-41(35-17-9-8-16-34(35)38)36-22-23-42-26-40(36)44-39)30-20-18-27(19-21-30)37-24-28-10-4-5-13-31(28)32-14-6-7-15-33(32)37/h1-26H. The zero-order valence-corrected chi connectivity index (χ0v) is 23.8. The highest BCUT2D eigenvalue weighted by Gasteiger charge is 2.20. The second-order valence-electron chi connectivity index (χ2n) is 11.2. The Balaban J connectivity index is 1.26. The maximum absolute atomic E-state index is 6.39. The first kappa shape index (κ1) is 24.6. The third-order valence-electron chi connectivity index (χ3n) is 8.72. The van der Waals surface area contributed by atoms with Crippen molar-refractivity contribution >= 4 is 71.3 Å². The van der Waals surface area contributed by atoms with E-state index in [1.54, 1.807) is 6.20 Å². The average Bonchev–Trinajstić information content (AvgIpc) is 3.48. The Morgan fingerprint density at radius 1 is 0.477 bits per heavy atom. The minimum Gasteiger partial charge on any atom is -0.454 e. The number of rotatable bonds is 4. The van der Waals surface area contributed by atoms with Crippen LogP contribution in [0.15, 0.2) is 162 Å². The fourth-order valence-electron chi connectivity index (χ4n) is 6.75. The Kier molecular flexibility index (Phi) is 5.50. The SMILES string of the molecule is c1ccc(N(c2ccc(-c3cc4ccccc4c4ccccc34)cc2)c2cc3oc4cnccc4c3c3ccccc23)cc1. The number of furan rings is 1. The summed E-state index contributed by atoms with van der Waals surface area (Å²) in [5.41, 5.74) is 7.29. The van der Waals surface area contributed by atoms with Crippen LogP contribution in [0.4, 0.5) is 17.1 Å². The third kappa shape index (κ3) is 3.80. The van der Waals surface area contributed by atoms with Crippen LogP contribution in [-0.4, -0.2) is 4.98 Å². The van der Waals surface area contributed by atoms with Crippen molar-refractivity contribution < 1.29 is 4.42 Å². The molecule has 0 fully saturated rings. The van der Waals surface area contributed by atoms with Crippen LogP contribution in [-0.2, 0) is 0 Å². The van der Waals surface area contributed by atoms with Gasteiger partial charge in [0.15, 0.2) is 5.58 Å². The molecule has 0 unspecified atom stereocenters. The first-order valence-electron chi connectivity index (χ1n) is 14.9. The molecule has 2 heterocycles. The molecule has 7 aromatic carbocycles. The van der Waals surface area contributed by atoms with Crippen LogP contribution < -0.4 is 4.90 Å². The number of fused-ring (bicyclic) bond motifs is 8. The Morgan fingerprint density at radius 3 is 1.95 bits per heavy atom. The summed E-state index contributed by atoms with van der Waals surface area (Å²) >= 11 is 0. The van der Waals surface area contributed by atoms with Crippen molar-refractivity contribution in [1.82, 2.24) is 4.98 Å². The number of benzene rings is 7. The molecule has 44 heavy (non-hydrogen) atoms. The molecule has 0 spiro atoms. The molecule has 0 bridgehead atoms. The van der Waals surface area contributed by atoms with E-state index in [0.717, 1.165) is 49.8 Å². The minimum atomic E-state index is 0.794. The second kappa shape index (κ2) is 9.82. The molecule has 9 rings (SSSR count). The Morgan fingerprint density at radius 2 is 1.14 bits per heavy atom. The molecule has 0 saturated heterocycles. The summed E-state index contributed by atoms with van der Waals surface area (Å²) in [6, 6.07) is 52.0. The van der Waals surface area contributed by atoms with Crippen LogP contribution >= 0.6 is 0 Å². The van der Waals surface area contributed by atoms with Crippen molar-refractivity contribution in [2.45, 2.75) is 0 Å². The molecule has 2 aromatic heterocycles. The van der Waals surface area contributed by atoms with E-state index in [1.165, 1.54) is 32.7 Å². The van der Waals surface area contributed by atoms with Gasteiger partial charge in [-0.1, -0.05) is 103 Å². The number of nitrogens with zero attached hydrogens (tertiary/aromatic N) is 2. The van der Waals surface area contributed by atoms with Crippen molar-refractivity contribution in [3.05, 3.63) is 158 Å². The van der Waals surface area contributed by atoms with Crippen molar-refractivity contribution in [3.8, 4) is 11.1 Å². The van der Waals surface area contributed by atoms with E-state index in [1.807, 2.05) is 12.3 Å². The van der Waals surface area contributed by atoms with Crippen LogP contribution in [0, 0.1) is 0 Å². The van der Waals surface area contributed by atoms with Crippen LogP contribution in [0.3, 0.4) is 0 Å². The summed E-state index contributed by atoms with van der Waals surface area (Å²) in [5.74, 6) is 0. The van der Waals surface area contributed by atoms with Gasteiger partial charge < -0.3 is 9.32 Å². The van der Waals surface area contributed by atoms with Gasteiger partial charge in [-0.25, -0.2) is 0 Å². The zero-order valence-electron chi connectivity index (χ0n) is 23.8. The number of pyridine rings is 1. The van der Waals surface area contributed by atoms with Crippen LogP contribution in [0.5, 0.6) is 0 Å². The number of aromatic nitrogens is 1. The largest absolute Gasteiger partial charge is 0.454 e. The molecule has 0 aliphatic rings. The molecule has 9 aromatic rings. The Labute approximate surface area is 254 Å². The summed E-state index contributed by atoms with van der Waals surface area (Å²) < 4.78 is 6.39. The molecule has 3 heteroatoms. The number of hydrogen-bond donors (Lipinski definition) is 0. The fraction of sp³-hybridized carbons (Fsp3) is 0. The molecule has 0 amide bonds. The third-order valence-corrected chi connectivity index (χ3v) is 8.72. The molecule has 0 aliphatic heterocycles. The highest BCUT2D eigenvalue weighted by molar-refractivity contribution is 6.22. The average molecular weight is 563 g/mol. The monoisotopic (exact) mass is 562 g/mol. The molecule has 0 aliphatic carbocycles. The van der Waals surface area contributed by atoms with E-state index >= 15 is 0 Å². The zero-order chi connectivity index (χ0) is 29.0. The first-order valence-corrected chi connectivity index (χ1v) is 14.9. The number of anilines is 3. The van der Waals surface area contributed by atoms with Crippen LogP contribution in [0.1, 0.15) is 0 Å². The number of hydrogen-bond acceptors (Lipinski definition) is 3. The topological polar surface area (TPSA) is 29.3 Å². The van der Waals surface area contributed by atoms with E-state index < -0.39 is 0 Å². The van der Waals surface area contributed by atoms with Gasteiger partial charge in [-0.3, -0.25) is 4.98 Å². The van der Waals surface area contributed by atoms with Gasteiger partial charge in [0, 0.05) is 39.8 Å². The maximum Gasteiger partial charge on any atom is 0.153 e. The van der Waals surface area contributed by atoms with E-state index in [0.29, 0.717) is 0 Å². The molecule has 3 nitrogen and oxygen atoms in total. The van der Waals surface area contributed by atoms with Crippen LogP contribution in [0.25, 0.3) is 65.4 Å². The maximum atomic E-state index is 6.39. The molecule has 0 radical (unpaired) electrons. The molecule has 0 saturated carbocycles. The van der Waals surface area contributed by atoms with Gasteiger partial charge in [-0.05, 0) is 74.5 Å². The van der Waals surface area contributed by atoms with Gasteiger partial charge >= 0.3 is 0 Å². The van der Waals surface area contributed by atoms with E-state index in [-0.39, 0.29) is 0 Å². The normalized spacial score (nSPS) is 11.6. The van der Waals surface area contributed by atoms with Gasteiger partial charge in [-0.2, -0.15) is 0 Å². The molecule has 206 valence electrons. The van der Waals surface area contributed by atoms with Gasteiger partial charge in [0.1, 0.15) is 5.58 Å².